The highest BCUT2D eigenvalue weighted by Gasteiger charge is 2.16. The average Bonchev–Trinajstić information content (AvgIpc) is 2.37. The van der Waals surface area contributed by atoms with Gasteiger partial charge in [-0.05, 0) is 18.6 Å². The average molecular weight is 281 g/mol. The highest BCUT2D eigenvalue weighted by atomic mass is 35.5. The van der Waals surface area contributed by atoms with Gasteiger partial charge in [0.15, 0.2) is 0 Å². The Balaban J connectivity index is 2.87. The fourth-order valence-electron chi connectivity index (χ4n) is 1.52. The zero-order valence-electron chi connectivity index (χ0n) is 10.4. The Labute approximate surface area is 116 Å². The number of hydrogen-bond donors (Lipinski definition) is 1. The number of nitro groups is 1. The van der Waals surface area contributed by atoms with E-state index in [-0.39, 0.29) is 22.3 Å². The van der Waals surface area contributed by atoms with E-state index in [1.54, 1.807) is 0 Å². The summed E-state index contributed by atoms with van der Waals surface area (Å²) >= 11 is 5.74. The molecule has 0 heterocycles. The molecule has 0 spiro atoms. The van der Waals surface area contributed by atoms with E-state index in [0.29, 0.717) is 6.42 Å². The molecule has 1 aromatic carbocycles. The number of nitro benzene ring substituents is 1. The first-order valence-electron chi connectivity index (χ1n) is 5.70. The summed E-state index contributed by atoms with van der Waals surface area (Å²) in [5.41, 5.74) is 0.00669. The van der Waals surface area contributed by atoms with Crippen molar-refractivity contribution in [2.45, 2.75) is 25.8 Å². The van der Waals surface area contributed by atoms with Gasteiger partial charge in [-0.15, -0.1) is 6.42 Å². The van der Waals surface area contributed by atoms with Crippen molar-refractivity contribution in [1.82, 2.24) is 5.32 Å². The van der Waals surface area contributed by atoms with Crippen LogP contribution >= 0.6 is 11.6 Å². The Hall–Kier alpha value is -2.06. The third kappa shape index (κ3) is 3.97. The lowest BCUT2D eigenvalue weighted by Gasteiger charge is -2.12. The topological polar surface area (TPSA) is 72.2 Å². The second-order valence-corrected chi connectivity index (χ2v) is 4.31. The summed E-state index contributed by atoms with van der Waals surface area (Å²) in [6.07, 6.45) is 6.81. The molecule has 100 valence electrons. The molecule has 0 aromatic heterocycles. The maximum absolute atomic E-state index is 11.9. The van der Waals surface area contributed by atoms with Gasteiger partial charge in [-0.3, -0.25) is 14.9 Å². The van der Waals surface area contributed by atoms with E-state index in [1.165, 1.54) is 18.2 Å². The first kappa shape index (κ1) is 15.0. The summed E-state index contributed by atoms with van der Waals surface area (Å²) in [6, 6.07) is 3.45. The number of amides is 1. The minimum atomic E-state index is -0.606. The monoisotopic (exact) mass is 280 g/mol. The fourth-order valence-corrected chi connectivity index (χ4v) is 1.77. The van der Waals surface area contributed by atoms with Crippen LogP contribution in [0.15, 0.2) is 18.2 Å². The fraction of sp³-hybridized carbons (Fsp3) is 0.308. The van der Waals surface area contributed by atoms with Crippen molar-refractivity contribution in [3.63, 3.8) is 0 Å². The van der Waals surface area contributed by atoms with Crippen molar-refractivity contribution < 1.29 is 9.72 Å². The molecule has 0 bridgehead atoms. The molecule has 1 amide bonds. The molecule has 0 aliphatic rings. The van der Waals surface area contributed by atoms with Crippen molar-refractivity contribution >= 4 is 23.2 Å². The van der Waals surface area contributed by atoms with Gasteiger partial charge < -0.3 is 5.32 Å². The van der Waals surface area contributed by atoms with Gasteiger partial charge in [0.1, 0.15) is 5.02 Å². The Morgan fingerprint density at radius 1 is 1.63 bits per heavy atom. The number of halogens is 1. The lowest BCUT2D eigenvalue weighted by atomic mass is 10.1. The van der Waals surface area contributed by atoms with Gasteiger partial charge >= 0.3 is 0 Å². The van der Waals surface area contributed by atoms with E-state index in [9.17, 15) is 14.9 Å². The molecule has 6 heteroatoms. The van der Waals surface area contributed by atoms with Crippen molar-refractivity contribution in [3.05, 3.63) is 38.9 Å². The molecular formula is C13H13ClN2O3. The lowest BCUT2D eigenvalue weighted by Crippen LogP contribution is -2.33. The SMILES string of the molecule is C#CC(CCC)NC(=O)c1ccc([N+](=O)[O-])c(Cl)c1. The van der Waals surface area contributed by atoms with E-state index >= 15 is 0 Å². The van der Waals surface area contributed by atoms with Gasteiger partial charge in [0.05, 0.1) is 11.0 Å². The van der Waals surface area contributed by atoms with Crippen LogP contribution < -0.4 is 5.32 Å². The second-order valence-electron chi connectivity index (χ2n) is 3.90. The third-order valence-corrected chi connectivity index (χ3v) is 2.79. The maximum Gasteiger partial charge on any atom is 0.287 e. The van der Waals surface area contributed by atoms with Crippen LogP contribution in [0.4, 0.5) is 5.69 Å². The summed E-state index contributed by atoms with van der Waals surface area (Å²) in [5.74, 6) is 2.08. The van der Waals surface area contributed by atoms with Crippen LogP contribution in [0.1, 0.15) is 30.1 Å². The zero-order valence-corrected chi connectivity index (χ0v) is 11.1. The number of nitrogens with zero attached hydrogens (tertiary/aromatic N) is 1. The number of benzene rings is 1. The summed E-state index contributed by atoms with van der Waals surface area (Å²) in [6.45, 7) is 1.96. The number of rotatable bonds is 5. The smallest absolute Gasteiger partial charge is 0.287 e. The Bertz CT molecular complexity index is 537. The van der Waals surface area contributed by atoms with E-state index in [1.807, 2.05) is 6.92 Å². The molecule has 0 saturated heterocycles. The molecule has 1 atom stereocenters. The molecule has 1 rings (SSSR count). The normalized spacial score (nSPS) is 11.4. The Morgan fingerprint density at radius 2 is 2.32 bits per heavy atom. The number of terminal acetylenes is 1. The summed E-state index contributed by atoms with van der Waals surface area (Å²) in [7, 11) is 0. The Kier molecular flexibility index (Phi) is 5.34. The molecule has 0 aliphatic carbocycles. The molecule has 0 saturated carbocycles. The largest absolute Gasteiger partial charge is 0.338 e. The van der Waals surface area contributed by atoms with Gasteiger partial charge in [0.2, 0.25) is 0 Å². The minimum absolute atomic E-state index is 0.0783. The molecule has 1 aromatic rings. The van der Waals surface area contributed by atoms with Gasteiger partial charge in [-0.25, -0.2) is 0 Å². The van der Waals surface area contributed by atoms with Crippen LogP contribution in [0.2, 0.25) is 5.02 Å². The number of carbonyl (C=O) groups excluding carboxylic acids is 1. The minimum Gasteiger partial charge on any atom is -0.338 e. The molecular weight excluding hydrogens is 268 g/mol. The maximum atomic E-state index is 11.9. The molecule has 1 unspecified atom stereocenters. The third-order valence-electron chi connectivity index (χ3n) is 2.49. The molecule has 0 radical (unpaired) electrons. The quantitative estimate of drug-likeness (QED) is 0.512. The highest BCUT2D eigenvalue weighted by Crippen LogP contribution is 2.24. The van der Waals surface area contributed by atoms with Gasteiger partial charge in [0, 0.05) is 11.6 Å². The second kappa shape index (κ2) is 6.76. The van der Waals surface area contributed by atoms with Crippen LogP contribution in [0.3, 0.4) is 0 Å². The van der Waals surface area contributed by atoms with E-state index in [2.05, 4.69) is 11.2 Å². The summed E-state index contributed by atoms with van der Waals surface area (Å²) < 4.78 is 0. The van der Waals surface area contributed by atoms with Crippen LogP contribution in [0.25, 0.3) is 0 Å². The predicted octanol–water partition coefficient (Wildman–Crippen LogP) is 2.78. The highest BCUT2D eigenvalue weighted by molar-refractivity contribution is 6.33. The molecule has 0 aliphatic heterocycles. The first-order chi connectivity index (χ1) is 8.99. The number of hydrogen-bond acceptors (Lipinski definition) is 3. The van der Waals surface area contributed by atoms with E-state index < -0.39 is 10.8 Å². The van der Waals surface area contributed by atoms with Crippen molar-refractivity contribution in [2.24, 2.45) is 0 Å². The van der Waals surface area contributed by atoms with E-state index in [4.69, 9.17) is 18.0 Å². The van der Waals surface area contributed by atoms with Crippen LogP contribution in [0, 0.1) is 22.5 Å². The number of nitrogens with one attached hydrogen (secondary N) is 1. The molecule has 5 nitrogen and oxygen atoms in total. The van der Waals surface area contributed by atoms with Crippen LogP contribution in [-0.4, -0.2) is 16.9 Å². The number of carbonyl (C=O) groups is 1. The zero-order chi connectivity index (χ0) is 14.4. The van der Waals surface area contributed by atoms with Crippen LogP contribution in [-0.2, 0) is 0 Å². The van der Waals surface area contributed by atoms with Crippen molar-refractivity contribution in [2.75, 3.05) is 0 Å². The lowest BCUT2D eigenvalue weighted by molar-refractivity contribution is -0.384. The first-order valence-corrected chi connectivity index (χ1v) is 6.08. The van der Waals surface area contributed by atoms with E-state index in [0.717, 1.165) is 6.42 Å². The van der Waals surface area contributed by atoms with Crippen molar-refractivity contribution in [1.29, 1.82) is 0 Å². The summed E-state index contributed by atoms with van der Waals surface area (Å²) in [5, 5.41) is 13.2. The summed E-state index contributed by atoms with van der Waals surface area (Å²) in [4.78, 5) is 21.9. The molecule has 19 heavy (non-hydrogen) atoms. The van der Waals surface area contributed by atoms with Gasteiger partial charge in [-0.2, -0.15) is 0 Å². The van der Waals surface area contributed by atoms with Gasteiger partial charge in [-0.1, -0.05) is 30.9 Å². The van der Waals surface area contributed by atoms with Crippen molar-refractivity contribution in [3.8, 4) is 12.3 Å². The Morgan fingerprint density at radius 3 is 2.79 bits per heavy atom. The predicted molar refractivity (Wildman–Crippen MR) is 73.1 cm³/mol. The molecule has 0 fully saturated rings. The molecule has 1 N–H and O–H groups in total. The van der Waals surface area contributed by atoms with Gasteiger partial charge in [0.25, 0.3) is 11.6 Å². The van der Waals surface area contributed by atoms with Crippen LogP contribution in [0.5, 0.6) is 0 Å². The standard InChI is InChI=1S/C13H13ClN2O3/c1-3-5-10(4-2)15-13(17)9-6-7-12(16(18)19)11(14)8-9/h2,6-8,10H,3,5H2,1H3,(H,15,17).